The Hall–Kier alpha value is -1.06. The van der Waals surface area contributed by atoms with Gasteiger partial charge in [0.15, 0.2) is 0 Å². The van der Waals surface area contributed by atoms with Crippen LogP contribution in [-0.2, 0) is 9.59 Å². The van der Waals surface area contributed by atoms with Crippen LogP contribution in [0.15, 0.2) is 0 Å². The van der Waals surface area contributed by atoms with Crippen LogP contribution in [0.25, 0.3) is 0 Å². The molecule has 0 aromatic rings. The van der Waals surface area contributed by atoms with E-state index in [9.17, 15) is 9.59 Å². The molecule has 0 bridgehead atoms. The zero-order chi connectivity index (χ0) is 12.6. The Morgan fingerprint density at radius 1 is 0.941 bits per heavy atom. The molecule has 4 heteroatoms. The molecule has 17 heavy (non-hydrogen) atoms. The van der Waals surface area contributed by atoms with Crippen molar-refractivity contribution in [1.82, 2.24) is 0 Å². The molecule has 0 amide bonds. The maximum atomic E-state index is 11.1. The monoisotopic (exact) mass is 240 g/mol. The van der Waals surface area contributed by atoms with Gasteiger partial charge in [0.05, 0.1) is 11.8 Å². The molecule has 2 aliphatic rings. The molecule has 0 saturated heterocycles. The van der Waals surface area contributed by atoms with Crippen LogP contribution >= 0.6 is 0 Å². The van der Waals surface area contributed by atoms with E-state index in [-0.39, 0.29) is 17.8 Å². The lowest BCUT2D eigenvalue weighted by atomic mass is 9.62. The molecule has 2 saturated carbocycles. The summed E-state index contributed by atoms with van der Waals surface area (Å²) in [6.07, 6.45) is 4.02. The second-order valence-corrected chi connectivity index (χ2v) is 5.76. The number of carboxylic acids is 2. The van der Waals surface area contributed by atoms with Gasteiger partial charge in [-0.2, -0.15) is 0 Å². The van der Waals surface area contributed by atoms with Crippen molar-refractivity contribution in [2.45, 2.75) is 39.0 Å². The summed E-state index contributed by atoms with van der Waals surface area (Å²) in [5, 5.41) is 18.2. The minimum absolute atomic E-state index is 0.232. The minimum Gasteiger partial charge on any atom is -0.481 e. The first kappa shape index (κ1) is 12.4. The summed E-state index contributed by atoms with van der Waals surface area (Å²) in [6, 6.07) is 0. The minimum atomic E-state index is -0.714. The maximum Gasteiger partial charge on any atom is 0.306 e. The van der Waals surface area contributed by atoms with Crippen LogP contribution in [0.5, 0.6) is 0 Å². The Balaban J connectivity index is 2.04. The highest BCUT2D eigenvalue weighted by Crippen LogP contribution is 2.46. The average Bonchev–Trinajstić information content (AvgIpc) is 2.27. The summed E-state index contributed by atoms with van der Waals surface area (Å²) in [5.74, 6) is -0.862. The summed E-state index contributed by atoms with van der Waals surface area (Å²) >= 11 is 0. The normalized spacial score (nSPS) is 41.6. The Kier molecular flexibility index (Phi) is 3.40. The van der Waals surface area contributed by atoms with E-state index < -0.39 is 11.9 Å². The Bertz CT molecular complexity index is 325. The summed E-state index contributed by atoms with van der Waals surface area (Å²) < 4.78 is 0. The van der Waals surface area contributed by atoms with Crippen molar-refractivity contribution in [2.75, 3.05) is 0 Å². The summed E-state index contributed by atoms with van der Waals surface area (Å²) in [6.45, 7) is 2.01. The largest absolute Gasteiger partial charge is 0.481 e. The molecule has 0 aliphatic heterocycles. The SMILES string of the molecule is CC1CC2CCC(C(=O)O)CC2CC1C(=O)O. The first-order valence-electron chi connectivity index (χ1n) is 6.44. The lowest BCUT2D eigenvalue weighted by Crippen LogP contribution is -2.39. The Labute approximate surface area is 101 Å². The van der Waals surface area contributed by atoms with Crippen molar-refractivity contribution in [3.8, 4) is 0 Å². The topological polar surface area (TPSA) is 74.6 Å². The third-order valence-corrected chi connectivity index (χ3v) is 4.72. The third kappa shape index (κ3) is 2.45. The van der Waals surface area contributed by atoms with Crippen molar-refractivity contribution in [3.63, 3.8) is 0 Å². The van der Waals surface area contributed by atoms with Crippen LogP contribution in [-0.4, -0.2) is 22.2 Å². The van der Waals surface area contributed by atoms with Crippen molar-refractivity contribution in [2.24, 2.45) is 29.6 Å². The van der Waals surface area contributed by atoms with E-state index in [0.717, 1.165) is 19.3 Å². The molecule has 4 nitrogen and oxygen atoms in total. The van der Waals surface area contributed by atoms with Gasteiger partial charge >= 0.3 is 11.9 Å². The van der Waals surface area contributed by atoms with Gasteiger partial charge in [0.1, 0.15) is 0 Å². The predicted octanol–water partition coefficient (Wildman–Crippen LogP) is 2.23. The molecule has 0 heterocycles. The van der Waals surface area contributed by atoms with Crippen LogP contribution in [0.4, 0.5) is 0 Å². The molecule has 96 valence electrons. The molecule has 2 N–H and O–H groups in total. The maximum absolute atomic E-state index is 11.1. The van der Waals surface area contributed by atoms with Gasteiger partial charge in [-0.1, -0.05) is 6.92 Å². The molecular weight excluding hydrogens is 220 g/mol. The van der Waals surface area contributed by atoms with E-state index in [1.165, 1.54) is 0 Å². The molecular formula is C13H20O4. The van der Waals surface area contributed by atoms with Gasteiger partial charge in [-0.05, 0) is 49.9 Å². The molecule has 2 aliphatic carbocycles. The average molecular weight is 240 g/mol. The Morgan fingerprint density at radius 3 is 2.24 bits per heavy atom. The number of carbonyl (C=O) groups is 2. The van der Waals surface area contributed by atoms with Gasteiger partial charge in [0, 0.05) is 0 Å². The quantitative estimate of drug-likeness (QED) is 0.776. The molecule has 5 atom stereocenters. The molecule has 2 rings (SSSR count). The highest BCUT2D eigenvalue weighted by Gasteiger charge is 2.42. The summed E-state index contributed by atoms with van der Waals surface area (Å²) in [7, 11) is 0. The molecule has 5 unspecified atom stereocenters. The number of aliphatic carboxylic acids is 2. The molecule has 0 aromatic carbocycles. The second-order valence-electron chi connectivity index (χ2n) is 5.76. The van der Waals surface area contributed by atoms with Crippen molar-refractivity contribution < 1.29 is 19.8 Å². The lowest BCUT2D eigenvalue weighted by molar-refractivity contribution is -0.148. The zero-order valence-corrected chi connectivity index (χ0v) is 10.1. The summed E-state index contributed by atoms with van der Waals surface area (Å²) in [5.41, 5.74) is 0. The van der Waals surface area contributed by atoms with E-state index >= 15 is 0 Å². The van der Waals surface area contributed by atoms with Gasteiger partial charge in [-0.25, -0.2) is 0 Å². The van der Waals surface area contributed by atoms with Crippen molar-refractivity contribution >= 4 is 11.9 Å². The zero-order valence-electron chi connectivity index (χ0n) is 10.1. The van der Waals surface area contributed by atoms with Gasteiger partial charge in [-0.3, -0.25) is 9.59 Å². The van der Waals surface area contributed by atoms with Gasteiger partial charge in [0.2, 0.25) is 0 Å². The lowest BCUT2D eigenvalue weighted by Gasteiger charge is -2.42. The summed E-state index contributed by atoms with van der Waals surface area (Å²) in [4.78, 5) is 22.1. The molecule has 0 radical (unpaired) electrons. The van der Waals surface area contributed by atoms with Gasteiger partial charge in [0.25, 0.3) is 0 Å². The van der Waals surface area contributed by atoms with E-state index in [4.69, 9.17) is 10.2 Å². The predicted molar refractivity (Wildman–Crippen MR) is 61.5 cm³/mol. The van der Waals surface area contributed by atoms with Gasteiger partial charge < -0.3 is 10.2 Å². The van der Waals surface area contributed by atoms with Crippen LogP contribution in [0.1, 0.15) is 39.0 Å². The fraction of sp³-hybridized carbons (Fsp3) is 0.846. The first-order valence-corrected chi connectivity index (χ1v) is 6.44. The first-order chi connectivity index (χ1) is 7.99. The fourth-order valence-electron chi connectivity index (χ4n) is 3.69. The highest BCUT2D eigenvalue weighted by atomic mass is 16.4. The van der Waals surface area contributed by atoms with Crippen LogP contribution in [0, 0.1) is 29.6 Å². The second kappa shape index (κ2) is 4.67. The smallest absolute Gasteiger partial charge is 0.306 e. The van der Waals surface area contributed by atoms with E-state index in [0.29, 0.717) is 24.7 Å². The van der Waals surface area contributed by atoms with Crippen LogP contribution < -0.4 is 0 Å². The number of carboxylic acid groups (broad SMARTS) is 2. The number of fused-ring (bicyclic) bond motifs is 1. The highest BCUT2D eigenvalue weighted by molar-refractivity contribution is 5.71. The fourth-order valence-corrected chi connectivity index (χ4v) is 3.69. The Morgan fingerprint density at radius 2 is 1.65 bits per heavy atom. The van der Waals surface area contributed by atoms with Crippen LogP contribution in [0.2, 0.25) is 0 Å². The molecule has 0 spiro atoms. The molecule has 2 fully saturated rings. The van der Waals surface area contributed by atoms with E-state index in [1.807, 2.05) is 6.92 Å². The number of rotatable bonds is 2. The standard InChI is InChI=1S/C13H20O4/c1-7-4-8-2-3-9(12(14)15)5-10(8)6-11(7)13(16)17/h7-11H,2-6H2,1H3,(H,14,15)(H,16,17). The van der Waals surface area contributed by atoms with E-state index in [1.54, 1.807) is 0 Å². The van der Waals surface area contributed by atoms with Gasteiger partial charge in [-0.15, -0.1) is 0 Å². The number of hydrogen-bond donors (Lipinski definition) is 2. The third-order valence-electron chi connectivity index (χ3n) is 4.72. The van der Waals surface area contributed by atoms with Crippen LogP contribution in [0.3, 0.4) is 0 Å². The van der Waals surface area contributed by atoms with Crippen molar-refractivity contribution in [1.29, 1.82) is 0 Å². The van der Waals surface area contributed by atoms with Crippen molar-refractivity contribution in [3.05, 3.63) is 0 Å². The van der Waals surface area contributed by atoms with E-state index in [2.05, 4.69) is 0 Å². The number of hydrogen-bond acceptors (Lipinski definition) is 2. The molecule has 0 aromatic heterocycles.